The van der Waals surface area contributed by atoms with Crippen LogP contribution in [0.1, 0.15) is 65.6 Å². The first-order chi connectivity index (χ1) is 11.4. The zero-order valence-electron chi connectivity index (χ0n) is 15.9. The van der Waals surface area contributed by atoms with E-state index in [-0.39, 0.29) is 11.9 Å². The normalized spacial score (nSPS) is 12.2. The highest BCUT2D eigenvalue weighted by atomic mass is 16.2. The Morgan fingerprint density at radius 3 is 2.50 bits per heavy atom. The van der Waals surface area contributed by atoms with Gasteiger partial charge < -0.3 is 9.88 Å². The summed E-state index contributed by atoms with van der Waals surface area (Å²) in [6.07, 6.45) is 1.88. The molecule has 0 spiro atoms. The number of hydrogen-bond acceptors (Lipinski definition) is 1. The second-order valence-electron chi connectivity index (χ2n) is 6.75. The average molecular weight is 326 g/mol. The van der Waals surface area contributed by atoms with Crippen LogP contribution in [0.2, 0.25) is 0 Å². The summed E-state index contributed by atoms with van der Waals surface area (Å²) in [6.45, 7) is 13.3. The lowest BCUT2D eigenvalue weighted by atomic mass is 10.1. The monoisotopic (exact) mass is 326 g/mol. The molecule has 0 bridgehead atoms. The molecule has 0 aliphatic carbocycles. The van der Waals surface area contributed by atoms with Crippen LogP contribution in [0.5, 0.6) is 0 Å². The Hall–Kier alpha value is -2.03. The zero-order chi connectivity index (χ0) is 17.9. The largest absolute Gasteiger partial charge is 0.348 e. The molecule has 0 aliphatic rings. The van der Waals surface area contributed by atoms with Gasteiger partial charge in [0, 0.05) is 18.3 Å². The van der Waals surface area contributed by atoms with Crippen molar-refractivity contribution in [3.05, 3.63) is 57.9 Å². The van der Waals surface area contributed by atoms with Crippen molar-refractivity contribution in [3.63, 3.8) is 0 Å². The number of hydrogen-bond donors (Lipinski definition) is 1. The molecule has 3 nitrogen and oxygen atoms in total. The van der Waals surface area contributed by atoms with E-state index in [4.69, 9.17) is 0 Å². The molecule has 0 unspecified atom stereocenters. The fraction of sp³-hybridized carbons (Fsp3) is 0.476. The van der Waals surface area contributed by atoms with Crippen LogP contribution in [0.4, 0.5) is 0 Å². The van der Waals surface area contributed by atoms with Crippen molar-refractivity contribution in [1.82, 2.24) is 9.88 Å². The molecular weight excluding hydrogens is 296 g/mol. The summed E-state index contributed by atoms with van der Waals surface area (Å²) in [5, 5.41) is 3.13. The van der Waals surface area contributed by atoms with Gasteiger partial charge in [-0.1, -0.05) is 43.7 Å². The summed E-state index contributed by atoms with van der Waals surface area (Å²) < 4.78 is 2.18. The van der Waals surface area contributed by atoms with Crippen molar-refractivity contribution in [2.24, 2.45) is 0 Å². The Morgan fingerprint density at radius 1 is 1.21 bits per heavy atom. The van der Waals surface area contributed by atoms with Gasteiger partial charge in [0.2, 0.25) is 0 Å². The van der Waals surface area contributed by atoms with Crippen LogP contribution < -0.4 is 5.32 Å². The van der Waals surface area contributed by atoms with Gasteiger partial charge >= 0.3 is 0 Å². The van der Waals surface area contributed by atoms with Gasteiger partial charge in [-0.3, -0.25) is 4.79 Å². The SMILES string of the molecule is CCc1c(C)c(C(=O)N[C@H](C)CC)n(Cc2cccc(C)c2)c1C. The van der Waals surface area contributed by atoms with Crippen LogP contribution >= 0.6 is 0 Å². The van der Waals surface area contributed by atoms with Crippen LogP contribution in [-0.4, -0.2) is 16.5 Å². The first kappa shape index (κ1) is 18.3. The lowest BCUT2D eigenvalue weighted by Crippen LogP contribution is -2.34. The van der Waals surface area contributed by atoms with Crippen LogP contribution in [0.15, 0.2) is 24.3 Å². The third-order valence-electron chi connectivity index (χ3n) is 4.90. The third kappa shape index (κ3) is 3.72. The van der Waals surface area contributed by atoms with E-state index < -0.39 is 0 Å². The number of nitrogens with zero attached hydrogens (tertiary/aromatic N) is 1. The van der Waals surface area contributed by atoms with Gasteiger partial charge in [0.25, 0.3) is 5.91 Å². The molecule has 0 radical (unpaired) electrons. The highest BCUT2D eigenvalue weighted by Crippen LogP contribution is 2.24. The quantitative estimate of drug-likeness (QED) is 0.830. The molecule has 3 heteroatoms. The van der Waals surface area contributed by atoms with Gasteiger partial charge in [-0.05, 0) is 57.2 Å². The van der Waals surface area contributed by atoms with Crippen molar-refractivity contribution < 1.29 is 4.79 Å². The maximum Gasteiger partial charge on any atom is 0.268 e. The van der Waals surface area contributed by atoms with Crippen molar-refractivity contribution in [3.8, 4) is 0 Å². The summed E-state index contributed by atoms with van der Waals surface area (Å²) in [4.78, 5) is 12.9. The lowest BCUT2D eigenvalue weighted by molar-refractivity contribution is 0.0929. The van der Waals surface area contributed by atoms with E-state index in [2.05, 4.69) is 75.7 Å². The molecule has 1 N–H and O–H groups in total. The Balaban J connectivity index is 2.47. The minimum absolute atomic E-state index is 0.0392. The Kier molecular flexibility index (Phi) is 5.87. The lowest BCUT2D eigenvalue weighted by Gasteiger charge is -2.16. The van der Waals surface area contributed by atoms with Crippen LogP contribution in [-0.2, 0) is 13.0 Å². The standard InChI is InChI=1S/C21H30N2O/c1-7-15(4)22-21(24)20-16(5)19(8-2)17(6)23(20)13-18-11-9-10-14(3)12-18/h9-12,15H,7-8,13H2,1-6H3,(H,22,24)/t15-/m1/s1. The Bertz CT molecular complexity index is 728. The molecule has 130 valence electrons. The number of carbonyl (C=O) groups is 1. The number of aromatic nitrogens is 1. The highest BCUT2D eigenvalue weighted by molar-refractivity contribution is 5.95. The van der Waals surface area contributed by atoms with Gasteiger partial charge in [0.1, 0.15) is 5.69 Å². The molecule has 1 heterocycles. The van der Waals surface area contributed by atoms with Crippen molar-refractivity contribution >= 4 is 5.91 Å². The van der Waals surface area contributed by atoms with Gasteiger partial charge in [-0.25, -0.2) is 0 Å². The second-order valence-corrected chi connectivity index (χ2v) is 6.75. The van der Waals surface area contributed by atoms with Gasteiger partial charge in [-0.15, -0.1) is 0 Å². The van der Waals surface area contributed by atoms with Crippen LogP contribution in [0, 0.1) is 20.8 Å². The van der Waals surface area contributed by atoms with E-state index in [1.165, 1.54) is 22.4 Å². The molecule has 24 heavy (non-hydrogen) atoms. The minimum atomic E-state index is 0.0392. The first-order valence-corrected chi connectivity index (χ1v) is 8.93. The number of amides is 1. The predicted molar refractivity (Wildman–Crippen MR) is 101 cm³/mol. The minimum Gasteiger partial charge on any atom is -0.348 e. The fourth-order valence-electron chi connectivity index (χ4n) is 3.35. The molecule has 2 rings (SSSR count). The molecule has 0 saturated carbocycles. The van der Waals surface area contributed by atoms with Gasteiger partial charge in [0.15, 0.2) is 0 Å². The van der Waals surface area contributed by atoms with Gasteiger partial charge in [0.05, 0.1) is 0 Å². The number of rotatable bonds is 6. The molecule has 1 atom stereocenters. The Morgan fingerprint density at radius 2 is 1.92 bits per heavy atom. The van der Waals surface area contributed by atoms with E-state index in [0.29, 0.717) is 0 Å². The highest BCUT2D eigenvalue weighted by Gasteiger charge is 2.22. The topological polar surface area (TPSA) is 34.0 Å². The van der Waals surface area contributed by atoms with Gasteiger partial charge in [-0.2, -0.15) is 0 Å². The number of carbonyl (C=O) groups excluding carboxylic acids is 1. The van der Waals surface area contributed by atoms with E-state index in [9.17, 15) is 4.79 Å². The number of aryl methyl sites for hydroxylation is 1. The first-order valence-electron chi connectivity index (χ1n) is 8.93. The molecular formula is C21H30N2O. The fourth-order valence-corrected chi connectivity index (χ4v) is 3.35. The summed E-state index contributed by atoms with van der Waals surface area (Å²) in [7, 11) is 0. The second kappa shape index (κ2) is 7.69. The average Bonchev–Trinajstić information content (AvgIpc) is 2.77. The molecule has 1 amide bonds. The maximum absolute atomic E-state index is 12.9. The van der Waals surface area contributed by atoms with Crippen molar-refractivity contribution in [2.45, 2.75) is 67.0 Å². The molecule has 2 aromatic rings. The predicted octanol–water partition coefficient (Wildman–Crippen LogP) is 4.55. The smallest absolute Gasteiger partial charge is 0.268 e. The van der Waals surface area contributed by atoms with Crippen LogP contribution in [0.25, 0.3) is 0 Å². The molecule has 1 aromatic carbocycles. The summed E-state index contributed by atoms with van der Waals surface area (Å²) in [5.41, 5.74) is 6.89. The van der Waals surface area contributed by atoms with E-state index in [0.717, 1.165) is 30.6 Å². The summed E-state index contributed by atoms with van der Waals surface area (Å²) in [6, 6.07) is 8.69. The van der Waals surface area contributed by atoms with Crippen molar-refractivity contribution in [2.75, 3.05) is 0 Å². The molecule has 0 saturated heterocycles. The van der Waals surface area contributed by atoms with Crippen molar-refractivity contribution in [1.29, 1.82) is 0 Å². The summed E-state index contributed by atoms with van der Waals surface area (Å²) in [5.74, 6) is 0.0392. The van der Waals surface area contributed by atoms with E-state index in [1.54, 1.807) is 0 Å². The van der Waals surface area contributed by atoms with E-state index in [1.807, 2.05) is 0 Å². The summed E-state index contributed by atoms with van der Waals surface area (Å²) >= 11 is 0. The van der Waals surface area contributed by atoms with E-state index >= 15 is 0 Å². The zero-order valence-corrected chi connectivity index (χ0v) is 15.9. The Labute approximate surface area is 146 Å². The molecule has 0 fully saturated rings. The molecule has 1 aromatic heterocycles. The maximum atomic E-state index is 12.9. The number of benzene rings is 1. The third-order valence-corrected chi connectivity index (χ3v) is 4.90. The number of nitrogens with one attached hydrogen (secondary N) is 1. The molecule has 0 aliphatic heterocycles. The van der Waals surface area contributed by atoms with Crippen LogP contribution in [0.3, 0.4) is 0 Å².